The Labute approximate surface area is 124 Å². The molecule has 0 amide bonds. The quantitative estimate of drug-likeness (QED) is 0.920. The van der Waals surface area contributed by atoms with E-state index < -0.39 is 0 Å². The summed E-state index contributed by atoms with van der Waals surface area (Å²) in [7, 11) is 2.18. The molecule has 1 aliphatic heterocycles. The molecule has 0 aliphatic carbocycles. The van der Waals surface area contributed by atoms with Crippen LogP contribution in [0.2, 0.25) is 0 Å². The number of morpholine rings is 1. The zero-order valence-electron chi connectivity index (χ0n) is 11.9. The van der Waals surface area contributed by atoms with Gasteiger partial charge in [0, 0.05) is 17.6 Å². The van der Waals surface area contributed by atoms with Gasteiger partial charge in [0.05, 0.1) is 18.8 Å². The number of ether oxygens (including phenoxy) is 1. The van der Waals surface area contributed by atoms with Gasteiger partial charge >= 0.3 is 0 Å². The van der Waals surface area contributed by atoms with Gasteiger partial charge in [-0.2, -0.15) is 0 Å². The molecule has 1 fully saturated rings. The molecule has 1 aliphatic rings. The zero-order chi connectivity index (χ0) is 13.8. The highest BCUT2D eigenvalue weighted by atomic mass is 79.9. The molecule has 1 saturated heterocycles. The average molecular weight is 327 g/mol. The van der Waals surface area contributed by atoms with E-state index in [1.54, 1.807) is 0 Å². The van der Waals surface area contributed by atoms with Crippen LogP contribution in [0.25, 0.3) is 0 Å². The number of hydrogen-bond acceptors (Lipinski definition) is 3. The van der Waals surface area contributed by atoms with Gasteiger partial charge in [0.15, 0.2) is 0 Å². The average Bonchev–Trinajstić information content (AvgIpc) is 2.37. The van der Waals surface area contributed by atoms with Crippen molar-refractivity contribution in [3.8, 4) is 0 Å². The number of nitrogens with one attached hydrogen (secondary N) is 1. The van der Waals surface area contributed by atoms with E-state index >= 15 is 0 Å². The first kappa shape index (κ1) is 15.0. The molecule has 4 heteroatoms. The topological polar surface area (TPSA) is 24.5 Å². The van der Waals surface area contributed by atoms with E-state index in [1.807, 2.05) is 0 Å². The monoisotopic (exact) mass is 326 g/mol. The lowest BCUT2D eigenvalue weighted by molar-refractivity contribution is -0.0613. The normalized spacial score (nSPS) is 24.6. The van der Waals surface area contributed by atoms with Crippen LogP contribution in [0.5, 0.6) is 0 Å². The van der Waals surface area contributed by atoms with Crippen LogP contribution in [0.4, 0.5) is 0 Å². The van der Waals surface area contributed by atoms with E-state index in [0.717, 1.165) is 26.2 Å². The molecule has 1 N–H and O–H groups in total. The second-order valence-electron chi connectivity index (χ2n) is 5.17. The summed E-state index contributed by atoms with van der Waals surface area (Å²) in [6, 6.07) is 6.88. The fraction of sp³-hybridized carbons (Fsp3) is 0.600. The highest BCUT2D eigenvalue weighted by Gasteiger charge is 2.32. The molecule has 0 spiro atoms. The third-order valence-electron chi connectivity index (χ3n) is 3.67. The molecular formula is C15H23BrN2O. The van der Waals surface area contributed by atoms with Gasteiger partial charge in [0.1, 0.15) is 0 Å². The van der Waals surface area contributed by atoms with Crippen LogP contribution in [0, 0.1) is 6.92 Å². The van der Waals surface area contributed by atoms with Gasteiger partial charge in [-0.1, -0.05) is 35.0 Å². The van der Waals surface area contributed by atoms with Crippen LogP contribution in [0.1, 0.15) is 24.1 Å². The van der Waals surface area contributed by atoms with Crippen LogP contribution in [-0.2, 0) is 4.74 Å². The molecule has 0 radical (unpaired) electrons. The Kier molecular flexibility index (Phi) is 5.39. The highest BCUT2D eigenvalue weighted by molar-refractivity contribution is 9.10. The van der Waals surface area contributed by atoms with Crippen molar-refractivity contribution in [2.45, 2.75) is 26.0 Å². The number of nitrogens with zero attached hydrogens (tertiary/aromatic N) is 1. The van der Waals surface area contributed by atoms with E-state index in [0.29, 0.717) is 6.04 Å². The number of aryl methyl sites for hydroxylation is 1. The van der Waals surface area contributed by atoms with Crippen molar-refractivity contribution in [2.75, 3.05) is 33.3 Å². The second-order valence-corrected chi connectivity index (χ2v) is 6.02. The molecular weight excluding hydrogens is 304 g/mol. The van der Waals surface area contributed by atoms with Crippen LogP contribution in [0.15, 0.2) is 22.7 Å². The van der Waals surface area contributed by atoms with Crippen molar-refractivity contribution in [3.63, 3.8) is 0 Å². The molecule has 1 aromatic rings. The Morgan fingerprint density at radius 3 is 2.95 bits per heavy atom. The number of likely N-dealkylation sites (N-methyl/N-ethyl adjacent to an activating group) is 2. The molecule has 1 heterocycles. The molecule has 0 saturated carbocycles. The van der Waals surface area contributed by atoms with Crippen molar-refractivity contribution >= 4 is 15.9 Å². The number of rotatable bonds is 4. The predicted molar refractivity (Wildman–Crippen MR) is 82.5 cm³/mol. The third kappa shape index (κ3) is 3.57. The maximum Gasteiger partial charge on any atom is 0.0896 e. The smallest absolute Gasteiger partial charge is 0.0896 e. The van der Waals surface area contributed by atoms with Crippen molar-refractivity contribution < 1.29 is 4.74 Å². The Morgan fingerprint density at radius 2 is 2.26 bits per heavy atom. The minimum Gasteiger partial charge on any atom is -0.374 e. The maximum absolute atomic E-state index is 5.98. The Balaban J connectivity index is 2.25. The van der Waals surface area contributed by atoms with E-state index in [9.17, 15) is 0 Å². The highest BCUT2D eigenvalue weighted by Crippen LogP contribution is 2.33. The van der Waals surface area contributed by atoms with Gasteiger partial charge in [-0.25, -0.2) is 0 Å². The molecule has 1 aromatic carbocycles. The molecule has 0 aromatic heterocycles. The van der Waals surface area contributed by atoms with Gasteiger partial charge in [-0.3, -0.25) is 4.90 Å². The van der Waals surface area contributed by atoms with E-state index in [4.69, 9.17) is 4.74 Å². The number of halogens is 1. The van der Waals surface area contributed by atoms with Crippen molar-refractivity contribution in [3.05, 3.63) is 33.8 Å². The first-order valence-corrected chi connectivity index (χ1v) is 7.71. The van der Waals surface area contributed by atoms with Gasteiger partial charge in [-0.15, -0.1) is 0 Å². The summed E-state index contributed by atoms with van der Waals surface area (Å²) < 4.78 is 7.15. The Bertz CT molecular complexity index is 425. The van der Waals surface area contributed by atoms with Gasteiger partial charge in [-0.05, 0) is 37.7 Å². The fourth-order valence-electron chi connectivity index (χ4n) is 2.63. The summed E-state index contributed by atoms with van der Waals surface area (Å²) in [6.07, 6.45) is 0.206. The van der Waals surface area contributed by atoms with Crippen LogP contribution in [0.3, 0.4) is 0 Å². The SMILES string of the molecule is CCNCC1OCCN(C)C1c1ccc(C)cc1Br. The number of hydrogen-bond donors (Lipinski definition) is 1. The second kappa shape index (κ2) is 6.84. The first-order chi connectivity index (χ1) is 9.13. The zero-order valence-corrected chi connectivity index (χ0v) is 13.5. The molecule has 19 heavy (non-hydrogen) atoms. The maximum atomic E-state index is 5.98. The van der Waals surface area contributed by atoms with Crippen LogP contribution >= 0.6 is 15.9 Å². The van der Waals surface area contributed by atoms with Crippen LogP contribution < -0.4 is 5.32 Å². The van der Waals surface area contributed by atoms with Gasteiger partial charge < -0.3 is 10.1 Å². The summed E-state index contributed by atoms with van der Waals surface area (Å²) in [4.78, 5) is 2.39. The van der Waals surface area contributed by atoms with E-state index in [1.165, 1.54) is 15.6 Å². The lowest BCUT2D eigenvalue weighted by atomic mass is 9.97. The first-order valence-electron chi connectivity index (χ1n) is 6.92. The molecule has 0 bridgehead atoms. The van der Waals surface area contributed by atoms with Gasteiger partial charge in [0.25, 0.3) is 0 Å². The van der Waals surface area contributed by atoms with Crippen molar-refractivity contribution in [2.24, 2.45) is 0 Å². The molecule has 2 atom stereocenters. The minimum atomic E-state index is 0.206. The molecule has 3 nitrogen and oxygen atoms in total. The summed E-state index contributed by atoms with van der Waals surface area (Å²) in [6.45, 7) is 7.91. The van der Waals surface area contributed by atoms with Crippen molar-refractivity contribution in [1.29, 1.82) is 0 Å². The molecule has 106 valence electrons. The summed E-state index contributed by atoms with van der Waals surface area (Å²) in [5.74, 6) is 0. The van der Waals surface area contributed by atoms with Gasteiger partial charge in [0.2, 0.25) is 0 Å². The largest absolute Gasteiger partial charge is 0.374 e. The lowest BCUT2D eigenvalue weighted by Gasteiger charge is -2.40. The Hall–Kier alpha value is -0.420. The van der Waals surface area contributed by atoms with E-state index in [2.05, 4.69) is 65.2 Å². The van der Waals surface area contributed by atoms with Crippen LogP contribution in [-0.4, -0.2) is 44.3 Å². The number of benzene rings is 1. The molecule has 2 rings (SSSR count). The lowest BCUT2D eigenvalue weighted by Crippen LogP contribution is -2.47. The molecule has 2 unspecified atom stereocenters. The summed E-state index contributed by atoms with van der Waals surface area (Å²) in [5, 5.41) is 3.40. The Morgan fingerprint density at radius 1 is 1.47 bits per heavy atom. The summed E-state index contributed by atoms with van der Waals surface area (Å²) >= 11 is 3.70. The predicted octanol–water partition coefficient (Wildman–Crippen LogP) is 2.74. The third-order valence-corrected chi connectivity index (χ3v) is 4.36. The van der Waals surface area contributed by atoms with E-state index in [-0.39, 0.29) is 6.10 Å². The fourth-order valence-corrected chi connectivity index (χ4v) is 3.36. The minimum absolute atomic E-state index is 0.206. The van der Waals surface area contributed by atoms with Crippen molar-refractivity contribution in [1.82, 2.24) is 10.2 Å². The standard InChI is InChI=1S/C15H23BrN2O/c1-4-17-10-14-15(18(3)7-8-19-14)12-6-5-11(2)9-13(12)16/h5-6,9,14-15,17H,4,7-8,10H2,1-3H3. The summed E-state index contributed by atoms with van der Waals surface area (Å²) in [5.41, 5.74) is 2.59.